The van der Waals surface area contributed by atoms with E-state index in [0.717, 1.165) is 11.1 Å². The van der Waals surface area contributed by atoms with Crippen LogP contribution in [0.25, 0.3) is 6.08 Å². The van der Waals surface area contributed by atoms with Gasteiger partial charge in [0.2, 0.25) is 0 Å². The predicted octanol–water partition coefficient (Wildman–Crippen LogP) is 4.23. The van der Waals surface area contributed by atoms with Gasteiger partial charge in [0, 0.05) is 11.8 Å². The van der Waals surface area contributed by atoms with Crippen LogP contribution in [0, 0.1) is 12.8 Å². The lowest BCUT2D eigenvalue weighted by Gasteiger charge is -2.12. The number of hydrogen-bond donors (Lipinski definition) is 1. The molecule has 1 amide bonds. The second-order valence-corrected chi connectivity index (χ2v) is 6.92. The molecule has 0 saturated carbocycles. The Balaban J connectivity index is 1.88. The Morgan fingerprint density at radius 2 is 1.86 bits per heavy atom. The molecular weight excluding hydrogens is 370 g/mol. The number of carbonyl (C=O) groups is 2. The van der Waals surface area contributed by atoms with Gasteiger partial charge in [0.05, 0.1) is 13.7 Å². The summed E-state index contributed by atoms with van der Waals surface area (Å²) >= 11 is 0. The number of ether oxygens (including phenoxy) is 3. The fourth-order valence-electron chi connectivity index (χ4n) is 2.41. The fraction of sp³-hybridized carbons (Fsp3) is 0.304. The lowest BCUT2D eigenvalue weighted by molar-refractivity contribution is -0.142. The van der Waals surface area contributed by atoms with Crippen molar-refractivity contribution in [2.24, 2.45) is 5.92 Å². The highest BCUT2D eigenvalue weighted by atomic mass is 16.5. The number of para-hydroxylation sites is 1. The molecule has 6 heteroatoms. The Hall–Kier alpha value is -3.28. The van der Waals surface area contributed by atoms with Crippen molar-refractivity contribution in [3.05, 3.63) is 59.7 Å². The molecule has 0 heterocycles. The van der Waals surface area contributed by atoms with Crippen LogP contribution in [0.5, 0.6) is 11.5 Å². The molecule has 0 aromatic heterocycles. The van der Waals surface area contributed by atoms with Crippen molar-refractivity contribution in [2.45, 2.75) is 20.8 Å². The topological polar surface area (TPSA) is 73.9 Å². The van der Waals surface area contributed by atoms with Gasteiger partial charge in [-0.25, -0.2) is 4.79 Å². The molecule has 2 aromatic carbocycles. The Labute approximate surface area is 171 Å². The summed E-state index contributed by atoms with van der Waals surface area (Å²) in [7, 11) is 1.56. The van der Waals surface area contributed by atoms with Gasteiger partial charge >= 0.3 is 5.97 Å². The third kappa shape index (κ3) is 7.33. The van der Waals surface area contributed by atoms with Gasteiger partial charge in [-0.2, -0.15) is 0 Å². The molecule has 2 aromatic rings. The molecule has 0 spiro atoms. The van der Waals surface area contributed by atoms with Gasteiger partial charge in [-0.05, 0) is 48.2 Å². The minimum Gasteiger partial charge on any atom is -0.493 e. The van der Waals surface area contributed by atoms with E-state index >= 15 is 0 Å². The Morgan fingerprint density at radius 1 is 1.10 bits per heavy atom. The molecule has 1 N–H and O–H groups in total. The first-order chi connectivity index (χ1) is 13.9. The molecule has 0 saturated heterocycles. The van der Waals surface area contributed by atoms with E-state index in [1.807, 2.05) is 31.2 Å². The van der Waals surface area contributed by atoms with E-state index in [1.54, 1.807) is 31.4 Å². The molecule has 29 heavy (non-hydrogen) atoms. The quantitative estimate of drug-likeness (QED) is 0.506. The predicted molar refractivity (Wildman–Crippen MR) is 113 cm³/mol. The highest BCUT2D eigenvalue weighted by molar-refractivity contribution is 5.95. The van der Waals surface area contributed by atoms with Crippen molar-refractivity contribution in [3.63, 3.8) is 0 Å². The number of anilines is 1. The Bertz CT molecular complexity index is 873. The number of aryl methyl sites for hydroxylation is 1. The number of methoxy groups -OCH3 is 1. The van der Waals surface area contributed by atoms with E-state index in [4.69, 9.17) is 14.2 Å². The molecule has 0 aliphatic carbocycles. The van der Waals surface area contributed by atoms with Crippen molar-refractivity contribution in [2.75, 3.05) is 25.6 Å². The number of nitrogens with one attached hydrogen (secondary N) is 1. The molecule has 0 atom stereocenters. The molecule has 0 aliphatic rings. The average molecular weight is 397 g/mol. The van der Waals surface area contributed by atoms with Crippen LogP contribution in [0.1, 0.15) is 25.0 Å². The molecule has 0 bridgehead atoms. The fourth-order valence-corrected chi connectivity index (χ4v) is 2.41. The first-order valence-corrected chi connectivity index (χ1v) is 9.40. The summed E-state index contributed by atoms with van der Waals surface area (Å²) in [6.45, 7) is 6.25. The monoisotopic (exact) mass is 397 g/mol. The van der Waals surface area contributed by atoms with Gasteiger partial charge in [-0.1, -0.05) is 38.1 Å². The van der Waals surface area contributed by atoms with E-state index in [2.05, 4.69) is 19.2 Å². The van der Waals surface area contributed by atoms with E-state index in [1.165, 1.54) is 6.08 Å². The van der Waals surface area contributed by atoms with Gasteiger partial charge in [0.15, 0.2) is 18.1 Å². The van der Waals surface area contributed by atoms with Gasteiger partial charge in [-0.3, -0.25) is 4.79 Å². The van der Waals surface area contributed by atoms with Crippen LogP contribution in [-0.2, 0) is 14.3 Å². The maximum Gasteiger partial charge on any atom is 0.331 e. The smallest absolute Gasteiger partial charge is 0.331 e. The summed E-state index contributed by atoms with van der Waals surface area (Å²) < 4.78 is 16.0. The summed E-state index contributed by atoms with van der Waals surface area (Å²) in [6.07, 6.45) is 2.86. The Kier molecular flexibility index (Phi) is 8.27. The van der Waals surface area contributed by atoms with Crippen molar-refractivity contribution in [1.29, 1.82) is 0 Å². The zero-order valence-electron chi connectivity index (χ0n) is 17.2. The molecule has 0 unspecified atom stereocenters. The summed E-state index contributed by atoms with van der Waals surface area (Å²) in [5, 5.41) is 2.71. The molecular formula is C23H27NO5. The first-order valence-electron chi connectivity index (χ1n) is 9.40. The zero-order valence-corrected chi connectivity index (χ0v) is 17.2. The van der Waals surface area contributed by atoms with Crippen LogP contribution in [-0.4, -0.2) is 32.2 Å². The minimum atomic E-state index is -0.607. The molecule has 154 valence electrons. The van der Waals surface area contributed by atoms with Gasteiger partial charge in [0.25, 0.3) is 5.91 Å². The van der Waals surface area contributed by atoms with Crippen LogP contribution in [0.3, 0.4) is 0 Å². The summed E-state index contributed by atoms with van der Waals surface area (Å²) in [5.74, 6) is 0.628. The molecule has 6 nitrogen and oxygen atoms in total. The number of rotatable bonds is 9. The van der Waals surface area contributed by atoms with Crippen LogP contribution in [0.2, 0.25) is 0 Å². The van der Waals surface area contributed by atoms with E-state index in [0.29, 0.717) is 29.7 Å². The maximum absolute atomic E-state index is 11.9. The standard InChI is InChI=1S/C23H27NO5/c1-16(2)14-28-20-11-9-18(13-21(20)27-4)10-12-23(26)29-15-22(25)24-19-8-6-5-7-17(19)3/h5-13,16H,14-15H2,1-4H3,(H,24,25)/b12-10+. The van der Waals surface area contributed by atoms with E-state index in [9.17, 15) is 9.59 Å². The highest BCUT2D eigenvalue weighted by Crippen LogP contribution is 2.29. The number of esters is 1. The molecule has 0 fully saturated rings. The SMILES string of the molecule is COc1cc(/C=C/C(=O)OCC(=O)Nc2ccccc2C)ccc1OCC(C)C. The van der Waals surface area contributed by atoms with Crippen LogP contribution >= 0.6 is 0 Å². The van der Waals surface area contributed by atoms with E-state index in [-0.39, 0.29) is 6.61 Å². The minimum absolute atomic E-state index is 0.358. The van der Waals surface area contributed by atoms with Gasteiger partial charge in [0.1, 0.15) is 0 Å². The van der Waals surface area contributed by atoms with Crippen molar-refractivity contribution >= 4 is 23.6 Å². The van der Waals surface area contributed by atoms with Crippen LogP contribution in [0.15, 0.2) is 48.5 Å². The second kappa shape index (κ2) is 10.9. The lowest BCUT2D eigenvalue weighted by atomic mass is 10.2. The summed E-state index contributed by atoms with van der Waals surface area (Å²) in [4.78, 5) is 23.8. The first kappa shape index (κ1) is 22.0. The number of amides is 1. The highest BCUT2D eigenvalue weighted by Gasteiger charge is 2.08. The largest absolute Gasteiger partial charge is 0.493 e. The van der Waals surface area contributed by atoms with Crippen molar-refractivity contribution in [3.8, 4) is 11.5 Å². The van der Waals surface area contributed by atoms with Gasteiger partial charge < -0.3 is 19.5 Å². The lowest BCUT2D eigenvalue weighted by Crippen LogP contribution is -2.20. The van der Waals surface area contributed by atoms with Crippen LogP contribution < -0.4 is 14.8 Å². The number of carbonyl (C=O) groups excluding carboxylic acids is 2. The third-order valence-electron chi connectivity index (χ3n) is 3.94. The summed E-state index contributed by atoms with van der Waals surface area (Å²) in [6, 6.07) is 12.8. The summed E-state index contributed by atoms with van der Waals surface area (Å²) in [5.41, 5.74) is 2.37. The molecule has 0 radical (unpaired) electrons. The maximum atomic E-state index is 11.9. The molecule has 0 aliphatic heterocycles. The van der Waals surface area contributed by atoms with Gasteiger partial charge in [-0.15, -0.1) is 0 Å². The zero-order chi connectivity index (χ0) is 21.2. The van der Waals surface area contributed by atoms with E-state index < -0.39 is 11.9 Å². The number of hydrogen-bond acceptors (Lipinski definition) is 5. The Morgan fingerprint density at radius 3 is 2.55 bits per heavy atom. The normalized spacial score (nSPS) is 10.8. The third-order valence-corrected chi connectivity index (χ3v) is 3.94. The van der Waals surface area contributed by atoms with Crippen molar-refractivity contribution < 1.29 is 23.8 Å². The van der Waals surface area contributed by atoms with Crippen molar-refractivity contribution in [1.82, 2.24) is 0 Å². The second-order valence-electron chi connectivity index (χ2n) is 6.92. The average Bonchev–Trinajstić information content (AvgIpc) is 2.71. The molecule has 2 rings (SSSR count). The number of benzene rings is 2. The van der Waals surface area contributed by atoms with Crippen LogP contribution in [0.4, 0.5) is 5.69 Å².